The second kappa shape index (κ2) is 17.5. The van der Waals surface area contributed by atoms with Crippen LogP contribution in [0.1, 0.15) is 90.8 Å². The Bertz CT molecular complexity index is 1810. The van der Waals surface area contributed by atoms with E-state index in [4.69, 9.17) is 14.2 Å². The Kier molecular flexibility index (Phi) is 12.4. The van der Waals surface area contributed by atoms with E-state index < -0.39 is 35.7 Å². The minimum atomic E-state index is -1.69. The number of carboxylic acid groups (broad SMARTS) is 1. The third kappa shape index (κ3) is 8.98. The first-order chi connectivity index (χ1) is 26.1. The summed E-state index contributed by atoms with van der Waals surface area (Å²) in [6.45, 7) is 0.330. The molecule has 3 aromatic carbocycles. The summed E-state index contributed by atoms with van der Waals surface area (Å²) in [5, 5.41) is 10.3. The van der Waals surface area contributed by atoms with Crippen LogP contribution in [-0.4, -0.2) is 81.9 Å². The Labute approximate surface area is 314 Å². The molecule has 0 spiro atoms. The van der Waals surface area contributed by atoms with Crippen LogP contribution >= 0.6 is 0 Å². The Balaban J connectivity index is 0.957. The predicted molar refractivity (Wildman–Crippen MR) is 195 cm³/mol. The van der Waals surface area contributed by atoms with E-state index in [1.165, 1.54) is 9.80 Å². The van der Waals surface area contributed by atoms with Gasteiger partial charge in [-0.3, -0.25) is 19.4 Å². The van der Waals surface area contributed by atoms with Crippen LogP contribution in [-0.2, 0) is 41.8 Å². The number of Topliss-reactive ketones (excluding diaryl/α,β-unsaturated/α-hetero) is 2. The molecule has 0 aromatic heterocycles. The third-order valence-corrected chi connectivity index (χ3v) is 11.0. The first kappa shape index (κ1) is 38.2. The molecule has 12 nitrogen and oxygen atoms in total. The standard InChI is InChI=1S/C42H46N2O10/c45-36(25-42(39(48)49)22-8-24-44(42)41(51)54-27-30-11-5-2-6-12-30)33-18-14-31(15-19-33)32-16-20-34(21-17-32)37(46)28-52-38(47)35-13-7-23-43(35)40(50)53-26-29-9-3-1-4-10-29/h1-6,9-12,14-15,18-19,32,34-35H,7-8,13,16-17,20-28H2,(H,48,49). The van der Waals surface area contributed by atoms with E-state index in [0.29, 0.717) is 44.2 Å². The number of ether oxygens (including phenoxy) is 3. The maximum atomic E-state index is 13.5. The van der Waals surface area contributed by atoms with E-state index in [2.05, 4.69) is 0 Å². The van der Waals surface area contributed by atoms with E-state index in [-0.39, 0.29) is 62.6 Å². The summed E-state index contributed by atoms with van der Waals surface area (Å²) in [6.07, 6.45) is 2.71. The van der Waals surface area contributed by atoms with Crippen molar-refractivity contribution >= 4 is 35.7 Å². The second-order valence-electron chi connectivity index (χ2n) is 14.4. The van der Waals surface area contributed by atoms with Crippen LogP contribution in [0, 0.1) is 5.92 Å². The van der Waals surface area contributed by atoms with E-state index in [0.717, 1.165) is 29.5 Å². The van der Waals surface area contributed by atoms with Crippen LogP contribution in [0.15, 0.2) is 84.9 Å². The van der Waals surface area contributed by atoms with Crippen LogP contribution in [0.25, 0.3) is 0 Å². The van der Waals surface area contributed by atoms with Crippen LogP contribution in [0.2, 0.25) is 0 Å². The van der Waals surface area contributed by atoms with Gasteiger partial charge in [0.1, 0.15) is 25.9 Å². The molecule has 2 amide bonds. The monoisotopic (exact) mass is 738 g/mol. The van der Waals surface area contributed by atoms with Gasteiger partial charge >= 0.3 is 24.1 Å². The summed E-state index contributed by atoms with van der Waals surface area (Å²) in [4.78, 5) is 80.2. The lowest BCUT2D eigenvalue weighted by atomic mass is 9.77. The molecule has 2 atom stereocenters. The van der Waals surface area contributed by atoms with Gasteiger partial charge in [0.2, 0.25) is 0 Å². The van der Waals surface area contributed by atoms with Crippen LogP contribution in [0.5, 0.6) is 0 Å². The SMILES string of the molecule is O=C(CC1(C(=O)O)CCCN1C(=O)OCc1ccccc1)c1ccc(C2CCC(C(=O)COC(=O)C3CCCN3C(=O)OCc3ccccc3)CC2)cc1. The average Bonchev–Trinajstić information content (AvgIpc) is 3.88. The molecule has 2 saturated heterocycles. The van der Waals surface area contributed by atoms with Crippen molar-refractivity contribution in [2.24, 2.45) is 5.92 Å². The van der Waals surface area contributed by atoms with Gasteiger partial charge in [-0.2, -0.15) is 0 Å². The molecule has 3 fully saturated rings. The number of likely N-dealkylation sites (tertiary alicyclic amines) is 2. The lowest BCUT2D eigenvalue weighted by Crippen LogP contribution is -2.54. The molecule has 0 bridgehead atoms. The molecule has 12 heteroatoms. The molecular formula is C42H46N2O10. The van der Waals surface area contributed by atoms with E-state index in [1.54, 1.807) is 24.3 Å². The van der Waals surface area contributed by atoms with E-state index in [9.17, 15) is 33.9 Å². The molecule has 2 unspecified atom stereocenters. The minimum Gasteiger partial charge on any atom is -0.479 e. The fraction of sp³-hybridized carbons (Fsp3) is 0.429. The van der Waals surface area contributed by atoms with Crippen molar-refractivity contribution in [3.8, 4) is 0 Å². The number of carbonyl (C=O) groups is 6. The van der Waals surface area contributed by atoms with Gasteiger partial charge in [0.25, 0.3) is 0 Å². The zero-order valence-corrected chi connectivity index (χ0v) is 30.2. The molecule has 54 heavy (non-hydrogen) atoms. The molecule has 2 aliphatic heterocycles. The van der Waals surface area contributed by atoms with Gasteiger partial charge in [0.15, 0.2) is 17.1 Å². The van der Waals surface area contributed by atoms with Crippen molar-refractivity contribution in [2.45, 2.75) is 88.5 Å². The number of ketones is 2. The highest BCUT2D eigenvalue weighted by atomic mass is 16.6. The smallest absolute Gasteiger partial charge is 0.411 e. The number of hydrogen-bond donors (Lipinski definition) is 1. The zero-order valence-electron chi connectivity index (χ0n) is 30.2. The van der Waals surface area contributed by atoms with Gasteiger partial charge in [-0.15, -0.1) is 0 Å². The molecule has 1 aliphatic carbocycles. The number of benzene rings is 3. The Hall–Kier alpha value is -5.52. The van der Waals surface area contributed by atoms with Crippen molar-refractivity contribution in [3.63, 3.8) is 0 Å². The molecular weight excluding hydrogens is 692 g/mol. The minimum absolute atomic E-state index is 0.000337. The summed E-state index contributed by atoms with van der Waals surface area (Å²) in [5.74, 6) is -2.42. The van der Waals surface area contributed by atoms with Gasteiger partial charge in [0.05, 0.1) is 0 Å². The second-order valence-corrected chi connectivity index (χ2v) is 14.4. The lowest BCUT2D eigenvalue weighted by molar-refractivity contribution is -0.153. The topological polar surface area (TPSA) is 157 Å². The average molecular weight is 739 g/mol. The summed E-state index contributed by atoms with van der Waals surface area (Å²) < 4.78 is 16.3. The number of esters is 1. The maximum Gasteiger partial charge on any atom is 0.411 e. The van der Waals surface area contributed by atoms with E-state index in [1.807, 2.05) is 60.7 Å². The predicted octanol–water partition coefficient (Wildman–Crippen LogP) is 6.70. The van der Waals surface area contributed by atoms with Gasteiger partial charge in [-0.05, 0) is 74.0 Å². The number of nitrogens with zero attached hydrogens (tertiary/aromatic N) is 2. The number of carboxylic acids is 1. The Morgan fingerprint density at radius 3 is 1.91 bits per heavy atom. The largest absolute Gasteiger partial charge is 0.479 e. The van der Waals surface area contributed by atoms with Crippen LogP contribution < -0.4 is 0 Å². The van der Waals surface area contributed by atoms with Gasteiger partial charge in [0, 0.05) is 31.0 Å². The molecule has 6 rings (SSSR count). The van der Waals surface area contributed by atoms with Crippen LogP contribution in [0.4, 0.5) is 9.59 Å². The third-order valence-electron chi connectivity index (χ3n) is 11.0. The highest BCUT2D eigenvalue weighted by molar-refractivity contribution is 6.01. The highest BCUT2D eigenvalue weighted by Gasteiger charge is 2.52. The van der Waals surface area contributed by atoms with Crippen molar-refractivity contribution in [3.05, 3.63) is 107 Å². The fourth-order valence-electron chi connectivity index (χ4n) is 7.87. The van der Waals surface area contributed by atoms with Crippen molar-refractivity contribution in [1.82, 2.24) is 9.80 Å². The molecule has 2 heterocycles. The normalized spacial score (nSPS) is 22.3. The number of hydrogen-bond acceptors (Lipinski definition) is 9. The fourth-order valence-corrected chi connectivity index (χ4v) is 7.87. The van der Waals surface area contributed by atoms with Crippen molar-refractivity contribution in [2.75, 3.05) is 19.7 Å². The summed E-state index contributed by atoms with van der Waals surface area (Å²) in [5.41, 5.74) is 1.31. The first-order valence-corrected chi connectivity index (χ1v) is 18.7. The highest BCUT2D eigenvalue weighted by Crippen LogP contribution is 2.38. The molecule has 3 aromatic rings. The molecule has 284 valence electrons. The zero-order chi connectivity index (χ0) is 38.1. The Morgan fingerprint density at radius 1 is 0.685 bits per heavy atom. The first-order valence-electron chi connectivity index (χ1n) is 18.7. The number of aliphatic carboxylic acids is 1. The summed E-state index contributed by atoms with van der Waals surface area (Å²) in [7, 11) is 0. The van der Waals surface area contributed by atoms with Gasteiger partial charge in [-0.25, -0.2) is 19.2 Å². The Morgan fingerprint density at radius 2 is 1.30 bits per heavy atom. The van der Waals surface area contributed by atoms with Crippen molar-refractivity contribution in [1.29, 1.82) is 0 Å². The molecule has 3 aliphatic rings. The van der Waals surface area contributed by atoms with Gasteiger partial charge in [-0.1, -0.05) is 84.9 Å². The van der Waals surface area contributed by atoms with Gasteiger partial charge < -0.3 is 19.3 Å². The number of rotatable bonds is 13. The summed E-state index contributed by atoms with van der Waals surface area (Å²) >= 11 is 0. The quantitative estimate of drug-likeness (QED) is 0.114. The molecule has 1 N–H and O–H groups in total. The van der Waals surface area contributed by atoms with Crippen molar-refractivity contribution < 1.29 is 48.1 Å². The van der Waals surface area contributed by atoms with Crippen LogP contribution in [0.3, 0.4) is 0 Å². The number of amides is 2. The summed E-state index contributed by atoms with van der Waals surface area (Å²) in [6, 6.07) is 24.7. The molecule has 1 saturated carbocycles. The maximum absolute atomic E-state index is 13.5. The van der Waals surface area contributed by atoms with E-state index >= 15 is 0 Å². The lowest BCUT2D eigenvalue weighted by Gasteiger charge is -2.33. The molecule has 0 radical (unpaired) electrons. The number of carbonyl (C=O) groups excluding carboxylic acids is 5.